The Morgan fingerprint density at radius 1 is 1.05 bits per heavy atom. The van der Waals surface area contributed by atoms with Crippen molar-refractivity contribution in [3.05, 3.63) is 41.2 Å². The molecule has 106 valence electrons. The van der Waals surface area contributed by atoms with Crippen molar-refractivity contribution in [2.75, 3.05) is 5.73 Å². The zero-order valence-corrected chi connectivity index (χ0v) is 11.6. The minimum Gasteiger partial charge on any atom is -0.399 e. The fourth-order valence-corrected chi connectivity index (χ4v) is 2.69. The molecule has 0 amide bonds. The summed E-state index contributed by atoms with van der Waals surface area (Å²) in [4.78, 5) is 8.29. The summed E-state index contributed by atoms with van der Waals surface area (Å²) in [6.45, 7) is 3.54. The van der Waals surface area contributed by atoms with E-state index in [4.69, 9.17) is 5.73 Å². The normalized spacial score (nSPS) is 11.7. The third-order valence-electron chi connectivity index (χ3n) is 2.47. The number of nitrogens with two attached hydrogens (primary N) is 1. The summed E-state index contributed by atoms with van der Waals surface area (Å²) in [6, 6.07) is 5.45. The first kappa shape index (κ1) is 14.6. The maximum atomic E-state index is 13.0. The number of nitrogen functional groups attached to an aromatic ring is 1. The largest absolute Gasteiger partial charge is 0.417 e. The van der Waals surface area contributed by atoms with Crippen LogP contribution in [-0.4, -0.2) is 9.97 Å². The monoisotopic (exact) mass is 299 g/mol. The van der Waals surface area contributed by atoms with E-state index in [-0.39, 0.29) is 15.7 Å². The molecule has 0 bridgehead atoms. The topological polar surface area (TPSA) is 51.8 Å². The van der Waals surface area contributed by atoms with Gasteiger partial charge in [0, 0.05) is 22.0 Å². The summed E-state index contributed by atoms with van der Waals surface area (Å²) in [6.07, 6.45) is -4.46. The van der Waals surface area contributed by atoms with Gasteiger partial charge in [-0.2, -0.15) is 13.2 Å². The third-order valence-corrected chi connectivity index (χ3v) is 3.41. The van der Waals surface area contributed by atoms with E-state index in [1.54, 1.807) is 19.9 Å². The molecular formula is C13H12F3N3S. The van der Waals surface area contributed by atoms with Gasteiger partial charge in [-0.25, -0.2) is 9.97 Å². The predicted molar refractivity (Wildman–Crippen MR) is 71.5 cm³/mol. The lowest BCUT2D eigenvalue weighted by Crippen LogP contribution is -2.08. The number of anilines is 1. The second kappa shape index (κ2) is 5.32. The Morgan fingerprint density at radius 3 is 2.20 bits per heavy atom. The van der Waals surface area contributed by atoms with Crippen molar-refractivity contribution in [2.45, 2.75) is 30.1 Å². The summed E-state index contributed by atoms with van der Waals surface area (Å²) in [7, 11) is 0. The molecule has 0 fully saturated rings. The van der Waals surface area contributed by atoms with Crippen LogP contribution in [0.3, 0.4) is 0 Å². The highest BCUT2D eigenvalue weighted by Gasteiger charge is 2.34. The smallest absolute Gasteiger partial charge is 0.399 e. The van der Waals surface area contributed by atoms with Crippen molar-refractivity contribution in [2.24, 2.45) is 0 Å². The molecule has 0 unspecified atom stereocenters. The van der Waals surface area contributed by atoms with Crippen LogP contribution in [0.2, 0.25) is 0 Å². The van der Waals surface area contributed by atoms with Crippen molar-refractivity contribution in [3.8, 4) is 0 Å². The zero-order chi connectivity index (χ0) is 14.9. The second-order valence-electron chi connectivity index (χ2n) is 4.29. The van der Waals surface area contributed by atoms with Gasteiger partial charge in [0.1, 0.15) is 0 Å². The molecule has 7 heteroatoms. The Hall–Kier alpha value is -1.76. The molecule has 0 radical (unpaired) electrons. The molecule has 0 aliphatic carbocycles. The van der Waals surface area contributed by atoms with E-state index in [0.717, 1.165) is 17.8 Å². The maximum absolute atomic E-state index is 13.0. The molecule has 0 aliphatic rings. The zero-order valence-electron chi connectivity index (χ0n) is 10.8. The van der Waals surface area contributed by atoms with E-state index in [0.29, 0.717) is 11.4 Å². The summed E-state index contributed by atoms with van der Waals surface area (Å²) in [5.74, 6) is 0. The number of benzene rings is 1. The van der Waals surface area contributed by atoms with Crippen LogP contribution in [-0.2, 0) is 6.18 Å². The van der Waals surface area contributed by atoms with Gasteiger partial charge >= 0.3 is 6.18 Å². The number of alkyl halides is 3. The van der Waals surface area contributed by atoms with Gasteiger partial charge in [0.05, 0.1) is 5.56 Å². The molecule has 2 N–H and O–H groups in total. The summed E-state index contributed by atoms with van der Waals surface area (Å²) in [5.41, 5.74) is 6.15. The summed E-state index contributed by atoms with van der Waals surface area (Å²) >= 11 is 0.880. The van der Waals surface area contributed by atoms with E-state index in [2.05, 4.69) is 9.97 Å². The van der Waals surface area contributed by atoms with Gasteiger partial charge in [0.15, 0.2) is 5.16 Å². The first-order valence-electron chi connectivity index (χ1n) is 5.72. The molecule has 1 aromatic carbocycles. The van der Waals surface area contributed by atoms with Crippen LogP contribution in [0, 0.1) is 13.8 Å². The van der Waals surface area contributed by atoms with Crippen molar-refractivity contribution in [1.82, 2.24) is 9.97 Å². The number of nitrogens with zero attached hydrogens (tertiary/aromatic N) is 2. The van der Waals surface area contributed by atoms with Gasteiger partial charge in [0.2, 0.25) is 0 Å². The van der Waals surface area contributed by atoms with Crippen molar-refractivity contribution in [1.29, 1.82) is 0 Å². The molecule has 2 aromatic rings. The quantitative estimate of drug-likeness (QED) is 0.676. The van der Waals surface area contributed by atoms with Crippen LogP contribution < -0.4 is 5.73 Å². The van der Waals surface area contributed by atoms with Gasteiger partial charge in [-0.3, -0.25) is 0 Å². The highest BCUT2D eigenvalue weighted by molar-refractivity contribution is 7.99. The summed E-state index contributed by atoms with van der Waals surface area (Å²) < 4.78 is 38.9. The number of rotatable bonds is 2. The molecule has 20 heavy (non-hydrogen) atoms. The fraction of sp³-hybridized carbons (Fsp3) is 0.231. The van der Waals surface area contributed by atoms with Gasteiger partial charge in [-0.15, -0.1) is 0 Å². The molecule has 1 heterocycles. The van der Waals surface area contributed by atoms with Crippen LogP contribution in [0.4, 0.5) is 18.9 Å². The average Bonchev–Trinajstić information content (AvgIpc) is 2.28. The van der Waals surface area contributed by atoms with E-state index in [1.165, 1.54) is 12.1 Å². The van der Waals surface area contributed by atoms with E-state index < -0.39 is 11.7 Å². The minimum absolute atomic E-state index is 0.0386. The van der Waals surface area contributed by atoms with E-state index in [9.17, 15) is 13.2 Å². The van der Waals surface area contributed by atoms with Crippen molar-refractivity contribution >= 4 is 17.4 Å². The maximum Gasteiger partial charge on any atom is 0.417 e. The van der Waals surface area contributed by atoms with Crippen molar-refractivity contribution < 1.29 is 13.2 Å². The lowest BCUT2D eigenvalue weighted by atomic mass is 10.2. The molecule has 0 atom stereocenters. The van der Waals surface area contributed by atoms with Crippen LogP contribution in [0.1, 0.15) is 17.0 Å². The molecule has 0 saturated carbocycles. The minimum atomic E-state index is -4.46. The first-order valence-corrected chi connectivity index (χ1v) is 6.54. The number of halogens is 3. The average molecular weight is 299 g/mol. The SMILES string of the molecule is Cc1cc(C)nc(Sc2ccc(N)cc2C(F)(F)F)n1. The molecule has 2 rings (SSSR count). The third kappa shape index (κ3) is 3.41. The van der Waals surface area contributed by atoms with Gasteiger partial charge in [0.25, 0.3) is 0 Å². The van der Waals surface area contributed by atoms with E-state index >= 15 is 0 Å². The lowest BCUT2D eigenvalue weighted by Gasteiger charge is -2.12. The van der Waals surface area contributed by atoms with Crippen LogP contribution in [0.5, 0.6) is 0 Å². The predicted octanol–water partition coefficient (Wildman–Crippen LogP) is 3.85. The Morgan fingerprint density at radius 2 is 1.65 bits per heavy atom. The summed E-state index contributed by atoms with van der Waals surface area (Å²) in [5, 5.41) is 0.290. The van der Waals surface area contributed by atoms with Gasteiger partial charge < -0.3 is 5.73 Å². The Labute approximate surface area is 118 Å². The van der Waals surface area contributed by atoms with E-state index in [1.807, 2.05) is 0 Å². The Bertz CT molecular complexity index is 621. The van der Waals surface area contributed by atoms with Crippen LogP contribution >= 0.6 is 11.8 Å². The number of hydrogen-bond acceptors (Lipinski definition) is 4. The number of hydrogen-bond donors (Lipinski definition) is 1. The standard InChI is InChI=1S/C13H12F3N3S/c1-7-5-8(2)19-12(18-7)20-11-4-3-9(17)6-10(11)13(14,15)16/h3-6H,17H2,1-2H3. The Balaban J connectivity index is 2.43. The first-order chi connectivity index (χ1) is 9.25. The molecule has 0 saturated heterocycles. The molecular weight excluding hydrogens is 287 g/mol. The lowest BCUT2D eigenvalue weighted by molar-refractivity contribution is -0.139. The van der Waals surface area contributed by atoms with Crippen LogP contribution in [0.15, 0.2) is 34.3 Å². The molecule has 0 spiro atoms. The van der Waals surface area contributed by atoms with Gasteiger partial charge in [-0.05, 0) is 49.9 Å². The number of aryl methyl sites for hydroxylation is 2. The molecule has 3 nitrogen and oxygen atoms in total. The number of aromatic nitrogens is 2. The second-order valence-corrected chi connectivity index (χ2v) is 5.30. The van der Waals surface area contributed by atoms with Gasteiger partial charge in [-0.1, -0.05) is 0 Å². The highest BCUT2D eigenvalue weighted by Crippen LogP contribution is 2.39. The molecule has 1 aromatic heterocycles. The van der Waals surface area contributed by atoms with Crippen molar-refractivity contribution in [3.63, 3.8) is 0 Å². The molecule has 0 aliphatic heterocycles. The fourth-order valence-electron chi connectivity index (χ4n) is 1.70. The van der Waals surface area contributed by atoms with Crippen LogP contribution in [0.25, 0.3) is 0 Å². The Kier molecular flexibility index (Phi) is 3.89. The highest BCUT2D eigenvalue weighted by atomic mass is 32.2.